The van der Waals surface area contributed by atoms with Crippen molar-refractivity contribution in [2.75, 3.05) is 12.4 Å². The Hall–Kier alpha value is -4.65. The summed E-state index contributed by atoms with van der Waals surface area (Å²) in [5.41, 5.74) is 2.62. The fourth-order valence-electron chi connectivity index (χ4n) is 3.13. The number of carbonyl (C=O) groups excluding carboxylic acids is 3. The number of anilines is 1. The number of carbonyl (C=O) groups is 3. The molecular formula is C29H29NO6. The third-order valence-corrected chi connectivity index (χ3v) is 4.80. The lowest BCUT2D eigenvalue weighted by molar-refractivity contribution is -0.131. The van der Waals surface area contributed by atoms with Crippen LogP contribution in [0, 0.1) is 0 Å². The van der Waals surface area contributed by atoms with E-state index < -0.39 is 17.8 Å². The van der Waals surface area contributed by atoms with Crippen LogP contribution in [0.5, 0.6) is 5.75 Å². The van der Waals surface area contributed by atoms with Gasteiger partial charge in [0.1, 0.15) is 12.4 Å². The van der Waals surface area contributed by atoms with Crippen molar-refractivity contribution < 1.29 is 28.6 Å². The Morgan fingerprint density at radius 3 is 2.44 bits per heavy atom. The van der Waals surface area contributed by atoms with E-state index in [9.17, 15) is 14.4 Å². The molecule has 0 aliphatic rings. The largest absolute Gasteiger partial charge is 0.497 e. The van der Waals surface area contributed by atoms with Crippen LogP contribution in [0.4, 0.5) is 5.69 Å². The van der Waals surface area contributed by atoms with Gasteiger partial charge in [-0.05, 0) is 54.0 Å². The van der Waals surface area contributed by atoms with Crippen molar-refractivity contribution >= 4 is 29.1 Å². The van der Waals surface area contributed by atoms with Gasteiger partial charge in [-0.3, -0.25) is 9.59 Å². The zero-order chi connectivity index (χ0) is 26.5. The number of nitrogens with one attached hydrogen (secondary N) is 1. The summed E-state index contributed by atoms with van der Waals surface area (Å²) in [5, 5.41) is 2.74. The van der Waals surface area contributed by atoms with Gasteiger partial charge in [0.15, 0.2) is 0 Å². The molecule has 0 saturated heterocycles. The summed E-state index contributed by atoms with van der Waals surface area (Å²) in [5.74, 6) is -1.71. The third-order valence-electron chi connectivity index (χ3n) is 4.80. The van der Waals surface area contributed by atoms with Crippen LogP contribution in [-0.4, -0.2) is 25.0 Å². The van der Waals surface area contributed by atoms with Crippen LogP contribution in [-0.2, 0) is 20.9 Å². The maximum Gasteiger partial charge on any atom is 0.339 e. The zero-order valence-corrected chi connectivity index (χ0v) is 20.6. The van der Waals surface area contributed by atoms with Gasteiger partial charge in [0.05, 0.1) is 30.2 Å². The number of allylic oxidation sites excluding steroid dienone is 7. The summed E-state index contributed by atoms with van der Waals surface area (Å²) in [7, 11) is 1.25. The first kappa shape index (κ1) is 27.6. The van der Waals surface area contributed by atoms with E-state index in [1.165, 1.54) is 32.4 Å². The van der Waals surface area contributed by atoms with Gasteiger partial charge in [0, 0.05) is 6.92 Å². The van der Waals surface area contributed by atoms with Crippen LogP contribution in [0.15, 0.2) is 92.3 Å². The molecule has 2 rings (SSSR count). The molecule has 7 nitrogen and oxygen atoms in total. The smallest absolute Gasteiger partial charge is 0.339 e. The fourth-order valence-corrected chi connectivity index (χ4v) is 3.13. The Bertz CT molecular complexity index is 1240. The quantitative estimate of drug-likeness (QED) is 0.181. The third kappa shape index (κ3) is 7.70. The number of hydrogen-bond donors (Lipinski definition) is 1. The molecule has 1 N–H and O–H groups in total. The number of methoxy groups -OCH3 is 1. The van der Waals surface area contributed by atoms with Crippen molar-refractivity contribution in [3.05, 3.63) is 115 Å². The first-order chi connectivity index (χ1) is 17.3. The molecule has 0 radical (unpaired) electrons. The highest BCUT2D eigenvalue weighted by Crippen LogP contribution is 2.28. The van der Waals surface area contributed by atoms with Crippen molar-refractivity contribution in [1.29, 1.82) is 0 Å². The Balaban J connectivity index is 2.52. The Morgan fingerprint density at radius 2 is 1.81 bits per heavy atom. The van der Waals surface area contributed by atoms with Crippen LogP contribution < -0.4 is 10.1 Å². The highest BCUT2D eigenvalue weighted by molar-refractivity contribution is 6.10. The predicted molar refractivity (Wildman–Crippen MR) is 141 cm³/mol. The molecule has 2 aromatic carbocycles. The number of amides is 1. The molecule has 0 aliphatic carbocycles. The fraction of sp³-hybridized carbons (Fsp3) is 0.138. The van der Waals surface area contributed by atoms with Gasteiger partial charge in [-0.25, -0.2) is 4.79 Å². The first-order valence-corrected chi connectivity index (χ1v) is 11.0. The lowest BCUT2D eigenvalue weighted by Gasteiger charge is -2.15. The molecule has 0 saturated carbocycles. The van der Waals surface area contributed by atoms with Crippen molar-refractivity contribution in [2.24, 2.45) is 0 Å². The topological polar surface area (TPSA) is 90.9 Å². The van der Waals surface area contributed by atoms with Crippen LogP contribution in [0.25, 0.3) is 5.57 Å². The minimum atomic E-state index is -0.624. The van der Waals surface area contributed by atoms with E-state index in [-0.39, 0.29) is 29.2 Å². The normalized spacial score (nSPS) is 11.2. The number of esters is 2. The van der Waals surface area contributed by atoms with Crippen LogP contribution in [0.3, 0.4) is 0 Å². The summed E-state index contributed by atoms with van der Waals surface area (Å²) in [6, 6.07) is 9.70. The second-order valence-electron chi connectivity index (χ2n) is 7.36. The van der Waals surface area contributed by atoms with E-state index >= 15 is 0 Å². The average molecular weight is 488 g/mol. The van der Waals surface area contributed by atoms with Crippen LogP contribution in [0.2, 0.25) is 0 Å². The summed E-state index contributed by atoms with van der Waals surface area (Å²) in [4.78, 5) is 37.4. The lowest BCUT2D eigenvalue weighted by Crippen LogP contribution is -2.18. The highest BCUT2D eigenvalue weighted by atomic mass is 16.5. The zero-order valence-electron chi connectivity index (χ0n) is 20.6. The number of benzene rings is 2. The van der Waals surface area contributed by atoms with Crippen LogP contribution >= 0.6 is 0 Å². The molecule has 0 aliphatic heterocycles. The van der Waals surface area contributed by atoms with E-state index in [1.807, 2.05) is 25.2 Å². The molecule has 0 unspecified atom stereocenters. The van der Waals surface area contributed by atoms with Crippen molar-refractivity contribution in [1.82, 2.24) is 0 Å². The molecule has 0 fully saturated rings. The maximum atomic E-state index is 13.4. The Morgan fingerprint density at radius 1 is 1.03 bits per heavy atom. The first-order valence-electron chi connectivity index (χ1n) is 11.0. The molecular weight excluding hydrogens is 458 g/mol. The summed E-state index contributed by atoms with van der Waals surface area (Å²) in [6.07, 6.45) is 11.9. The molecule has 1 amide bonds. The molecule has 0 aromatic heterocycles. The van der Waals surface area contributed by atoms with E-state index in [4.69, 9.17) is 14.2 Å². The second-order valence-corrected chi connectivity index (χ2v) is 7.36. The molecule has 186 valence electrons. The van der Waals surface area contributed by atoms with Gasteiger partial charge < -0.3 is 19.5 Å². The number of ether oxygens (including phenoxy) is 3. The molecule has 7 heteroatoms. The van der Waals surface area contributed by atoms with Crippen molar-refractivity contribution in [3.63, 3.8) is 0 Å². The van der Waals surface area contributed by atoms with Gasteiger partial charge in [-0.1, -0.05) is 55.7 Å². The van der Waals surface area contributed by atoms with Crippen LogP contribution in [0.1, 0.15) is 45.7 Å². The van der Waals surface area contributed by atoms with E-state index in [0.29, 0.717) is 11.1 Å². The van der Waals surface area contributed by atoms with E-state index in [2.05, 4.69) is 18.5 Å². The molecule has 2 aromatic rings. The van der Waals surface area contributed by atoms with Gasteiger partial charge in [-0.2, -0.15) is 0 Å². The molecule has 0 bridgehead atoms. The molecule has 0 heterocycles. The van der Waals surface area contributed by atoms with Gasteiger partial charge in [0.2, 0.25) is 0 Å². The summed E-state index contributed by atoms with van der Waals surface area (Å²) in [6.45, 7) is 10.7. The van der Waals surface area contributed by atoms with Crippen molar-refractivity contribution in [2.45, 2.75) is 20.5 Å². The second kappa shape index (κ2) is 13.9. The number of rotatable bonds is 11. The SMILES string of the molecule is C=C/C=C\OCc1ccc(C(=O)OC)c(NC(=O)c2cc(/C(C=C)=C/C=C\C)ccc2OC(C)=O)c1. The Kier molecular flexibility index (Phi) is 10.7. The van der Waals surface area contributed by atoms with Gasteiger partial charge in [-0.15, -0.1) is 0 Å². The minimum Gasteiger partial charge on any atom is -0.497 e. The van der Waals surface area contributed by atoms with Gasteiger partial charge in [0.25, 0.3) is 5.91 Å². The lowest BCUT2D eigenvalue weighted by atomic mass is 10.0. The standard InChI is InChI=1S/C29H29NO6/c1-6-9-11-22(8-3)23-13-15-27(36-20(4)31)25(18-23)28(32)30-26-17-21(19-35-16-10-7-2)12-14-24(26)29(33)34-5/h6-18H,2-3,19H2,1,4-5H3,(H,30,32)/b9-6-,16-10-,22-11+. The van der Waals surface area contributed by atoms with Gasteiger partial charge >= 0.3 is 11.9 Å². The molecule has 0 spiro atoms. The van der Waals surface area contributed by atoms with E-state index in [1.54, 1.807) is 42.5 Å². The Labute approximate surface area is 211 Å². The molecule has 0 atom stereocenters. The summed E-state index contributed by atoms with van der Waals surface area (Å²) >= 11 is 0. The maximum absolute atomic E-state index is 13.4. The minimum absolute atomic E-state index is 0.0758. The average Bonchev–Trinajstić information content (AvgIpc) is 2.87. The van der Waals surface area contributed by atoms with Crippen molar-refractivity contribution in [3.8, 4) is 5.75 Å². The molecule has 36 heavy (non-hydrogen) atoms. The summed E-state index contributed by atoms with van der Waals surface area (Å²) < 4.78 is 15.5. The van der Waals surface area contributed by atoms with E-state index in [0.717, 1.165) is 5.57 Å². The monoisotopic (exact) mass is 487 g/mol. The predicted octanol–water partition coefficient (Wildman–Crippen LogP) is 6.01. The number of hydrogen-bond acceptors (Lipinski definition) is 6. The highest BCUT2D eigenvalue weighted by Gasteiger charge is 2.20.